The molecule has 1 aromatic heterocycles. The molecule has 0 aliphatic rings. The number of aliphatic hydroxyl groups is 1. The van der Waals surface area contributed by atoms with Crippen molar-refractivity contribution in [3.05, 3.63) is 23.3 Å². The quantitative estimate of drug-likeness (QED) is 0.798. The molecule has 0 spiro atoms. The van der Waals surface area contributed by atoms with Crippen LogP contribution in [0.5, 0.6) is 0 Å². The smallest absolute Gasteiger partial charge is 0.125 e. The number of hydrogen-bond acceptors (Lipinski definition) is 3. The van der Waals surface area contributed by atoms with Crippen molar-refractivity contribution in [2.75, 3.05) is 0 Å². The van der Waals surface area contributed by atoms with Crippen LogP contribution in [0.3, 0.4) is 0 Å². The first-order chi connectivity index (χ1) is 6.54. The van der Waals surface area contributed by atoms with E-state index in [9.17, 15) is 5.11 Å². The molecule has 3 nitrogen and oxygen atoms in total. The summed E-state index contributed by atoms with van der Waals surface area (Å²) in [5, 5.41) is 9.47. The van der Waals surface area contributed by atoms with Crippen molar-refractivity contribution in [3.8, 4) is 0 Å². The lowest BCUT2D eigenvalue weighted by atomic mass is 10.0. The molecule has 1 aromatic rings. The van der Waals surface area contributed by atoms with E-state index in [4.69, 9.17) is 0 Å². The zero-order chi connectivity index (χ0) is 10.7. The fraction of sp³-hybridized carbons (Fsp3) is 0.636. The average molecular weight is 194 g/mol. The summed E-state index contributed by atoms with van der Waals surface area (Å²) in [6.07, 6.45) is 0.539. The van der Waals surface area contributed by atoms with Gasteiger partial charge in [-0.3, -0.25) is 0 Å². The third-order valence-electron chi connectivity index (χ3n) is 2.46. The predicted molar refractivity (Wildman–Crippen MR) is 56.2 cm³/mol. The first-order valence-corrected chi connectivity index (χ1v) is 5.07. The molecular formula is C11H18N2O. The molecule has 0 saturated carbocycles. The third-order valence-corrected chi connectivity index (χ3v) is 2.46. The summed E-state index contributed by atoms with van der Waals surface area (Å²) in [5.74, 6) is 0.855. The van der Waals surface area contributed by atoms with E-state index in [1.54, 1.807) is 6.92 Å². The van der Waals surface area contributed by atoms with Crippen molar-refractivity contribution in [1.29, 1.82) is 0 Å². The van der Waals surface area contributed by atoms with Crippen molar-refractivity contribution < 1.29 is 5.11 Å². The predicted octanol–water partition coefficient (Wildman–Crippen LogP) is 1.83. The average Bonchev–Trinajstić information content (AvgIpc) is 2.15. The maximum absolute atomic E-state index is 9.47. The lowest BCUT2D eigenvalue weighted by Gasteiger charge is -2.15. The van der Waals surface area contributed by atoms with Gasteiger partial charge in [-0.05, 0) is 26.3 Å². The summed E-state index contributed by atoms with van der Waals surface area (Å²) in [6.45, 7) is 7.72. The van der Waals surface area contributed by atoms with Crippen molar-refractivity contribution in [2.24, 2.45) is 0 Å². The fourth-order valence-corrected chi connectivity index (χ4v) is 1.32. The van der Waals surface area contributed by atoms with Crippen LogP contribution in [0.25, 0.3) is 0 Å². The number of nitrogens with zero attached hydrogens (tertiary/aromatic N) is 2. The summed E-state index contributed by atoms with van der Waals surface area (Å²) in [5.41, 5.74) is 1.98. The van der Waals surface area contributed by atoms with Gasteiger partial charge in [-0.2, -0.15) is 0 Å². The standard InChI is InChI=1S/C11H18N2O/c1-5-10-6-11(7(2)8(3)14)13-9(4)12-10/h6-8,14H,5H2,1-4H3. The zero-order valence-electron chi connectivity index (χ0n) is 9.28. The minimum absolute atomic E-state index is 0.0713. The van der Waals surface area contributed by atoms with Crippen LogP contribution in [0.4, 0.5) is 0 Å². The van der Waals surface area contributed by atoms with Gasteiger partial charge in [-0.1, -0.05) is 13.8 Å². The molecule has 1 N–H and O–H groups in total. The Labute approximate surface area is 85.2 Å². The summed E-state index contributed by atoms with van der Waals surface area (Å²) in [6, 6.07) is 1.98. The molecule has 0 bridgehead atoms. The van der Waals surface area contributed by atoms with Crippen LogP contribution in [0, 0.1) is 6.92 Å². The van der Waals surface area contributed by atoms with Gasteiger partial charge in [0.05, 0.1) is 6.10 Å². The molecule has 0 amide bonds. The summed E-state index contributed by atoms with van der Waals surface area (Å²) in [7, 11) is 0. The SMILES string of the molecule is CCc1cc(C(C)C(C)O)nc(C)n1. The van der Waals surface area contributed by atoms with Crippen LogP contribution in [-0.2, 0) is 6.42 Å². The van der Waals surface area contributed by atoms with Gasteiger partial charge in [-0.15, -0.1) is 0 Å². The highest BCUT2D eigenvalue weighted by atomic mass is 16.3. The van der Waals surface area contributed by atoms with E-state index < -0.39 is 0 Å². The molecule has 0 aromatic carbocycles. The molecule has 1 rings (SSSR count). The Balaban J connectivity index is 3.02. The number of hydrogen-bond donors (Lipinski definition) is 1. The molecule has 2 atom stereocenters. The summed E-state index contributed by atoms with van der Waals surface area (Å²) >= 11 is 0. The first-order valence-electron chi connectivity index (χ1n) is 5.07. The highest BCUT2D eigenvalue weighted by Gasteiger charge is 2.14. The first kappa shape index (κ1) is 11.1. The van der Waals surface area contributed by atoms with E-state index in [1.807, 2.05) is 19.9 Å². The lowest BCUT2D eigenvalue weighted by molar-refractivity contribution is 0.167. The zero-order valence-corrected chi connectivity index (χ0v) is 9.28. The van der Waals surface area contributed by atoms with Crippen LogP contribution in [0.15, 0.2) is 6.07 Å². The molecule has 0 aliphatic heterocycles. The Morgan fingerprint density at radius 2 is 2.00 bits per heavy atom. The van der Waals surface area contributed by atoms with E-state index in [1.165, 1.54) is 0 Å². The Hall–Kier alpha value is -0.960. The largest absolute Gasteiger partial charge is 0.393 e. The second-order valence-electron chi connectivity index (χ2n) is 3.71. The molecule has 14 heavy (non-hydrogen) atoms. The Bertz CT molecular complexity index is 310. The fourth-order valence-electron chi connectivity index (χ4n) is 1.32. The summed E-state index contributed by atoms with van der Waals surface area (Å²) < 4.78 is 0. The van der Waals surface area contributed by atoms with Crippen LogP contribution < -0.4 is 0 Å². The van der Waals surface area contributed by atoms with Crippen molar-refractivity contribution in [1.82, 2.24) is 9.97 Å². The normalized spacial score (nSPS) is 15.2. The Morgan fingerprint density at radius 3 is 2.50 bits per heavy atom. The van der Waals surface area contributed by atoms with Gasteiger partial charge >= 0.3 is 0 Å². The van der Waals surface area contributed by atoms with Gasteiger partial charge in [-0.25, -0.2) is 9.97 Å². The van der Waals surface area contributed by atoms with Gasteiger partial charge in [0.2, 0.25) is 0 Å². The molecule has 0 aliphatic carbocycles. The molecule has 0 radical (unpaired) electrons. The molecule has 3 heteroatoms. The van der Waals surface area contributed by atoms with E-state index in [0.717, 1.165) is 23.6 Å². The molecule has 0 saturated heterocycles. The van der Waals surface area contributed by atoms with Crippen molar-refractivity contribution >= 4 is 0 Å². The van der Waals surface area contributed by atoms with E-state index in [-0.39, 0.29) is 12.0 Å². The van der Waals surface area contributed by atoms with Gasteiger partial charge in [0.15, 0.2) is 0 Å². The van der Waals surface area contributed by atoms with Gasteiger partial charge in [0, 0.05) is 17.3 Å². The minimum atomic E-state index is -0.367. The van der Waals surface area contributed by atoms with Crippen LogP contribution >= 0.6 is 0 Å². The van der Waals surface area contributed by atoms with Crippen LogP contribution in [0.2, 0.25) is 0 Å². The van der Waals surface area contributed by atoms with Crippen LogP contribution in [-0.4, -0.2) is 21.2 Å². The Kier molecular flexibility index (Phi) is 3.58. The minimum Gasteiger partial charge on any atom is -0.393 e. The number of aryl methyl sites for hydroxylation is 2. The Morgan fingerprint density at radius 1 is 1.36 bits per heavy atom. The number of aromatic nitrogens is 2. The third kappa shape index (κ3) is 2.51. The topological polar surface area (TPSA) is 46.0 Å². The second kappa shape index (κ2) is 4.51. The lowest BCUT2D eigenvalue weighted by Crippen LogP contribution is -2.14. The summed E-state index contributed by atoms with van der Waals surface area (Å²) in [4.78, 5) is 8.63. The van der Waals surface area contributed by atoms with Crippen molar-refractivity contribution in [2.45, 2.75) is 46.1 Å². The number of rotatable bonds is 3. The highest BCUT2D eigenvalue weighted by molar-refractivity contribution is 5.15. The van der Waals surface area contributed by atoms with Crippen LogP contribution in [0.1, 0.15) is 43.9 Å². The molecule has 78 valence electrons. The van der Waals surface area contributed by atoms with Gasteiger partial charge in [0.25, 0.3) is 0 Å². The highest BCUT2D eigenvalue weighted by Crippen LogP contribution is 2.17. The molecule has 1 heterocycles. The molecule has 0 fully saturated rings. The molecular weight excluding hydrogens is 176 g/mol. The molecule has 2 unspecified atom stereocenters. The van der Waals surface area contributed by atoms with Gasteiger partial charge in [0.1, 0.15) is 5.82 Å². The monoisotopic (exact) mass is 194 g/mol. The van der Waals surface area contributed by atoms with E-state index >= 15 is 0 Å². The second-order valence-corrected chi connectivity index (χ2v) is 3.71. The van der Waals surface area contributed by atoms with E-state index in [2.05, 4.69) is 16.9 Å². The van der Waals surface area contributed by atoms with E-state index in [0.29, 0.717) is 0 Å². The van der Waals surface area contributed by atoms with Crippen molar-refractivity contribution in [3.63, 3.8) is 0 Å². The maximum atomic E-state index is 9.47. The number of aliphatic hydroxyl groups excluding tert-OH is 1. The van der Waals surface area contributed by atoms with Gasteiger partial charge < -0.3 is 5.11 Å². The maximum Gasteiger partial charge on any atom is 0.125 e.